The van der Waals surface area contributed by atoms with Gasteiger partial charge < -0.3 is 14.6 Å². The van der Waals surface area contributed by atoms with E-state index in [4.69, 9.17) is 9.26 Å². The van der Waals surface area contributed by atoms with Gasteiger partial charge in [0.25, 0.3) is 5.91 Å². The number of benzene rings is 3. The third kappa shape index (κ3) is 4.59. The fraction of sp³-hybridized carbons (Fsp3) is 0.185. The molecular formula is C27H18F6N2O3. The molecule has 1 aliphatic rings. The van der Waals surface area contributed by atoms with Crippen LogP contribution in [0.5, 0.6) is 5.75 Å². The second-order valence-corrected chi connectivity index (χ2v) is 8.62. The van der Waals surface area contributed by atoms with E-state index in [1.165, 1.54) is 19.2 Å². The summed E-state index contributed by atoms with van der Waals surface area (Å²) in [6.45, 7) is 0. The fourth-order valence-corrected chi connectivity index (χ4v) is 4.50. The van der Waals surface area contributed by atoms with Gasteiger partial charge in [-0.3, -0.25) is 4.79 Å². The maximum absolute atomic E-state index is 13.5. The SMILES string of the molecule is COc1ccc(-c2onc3c2CCc2ccccc2-3)cc1NC(=O)c1cc(C(F)(F)F)ccc1C(F)(F)F. The summed E-state index contributed by atoms with van der Waals surface area (Å²) < 4.78 is 91.0. The molecule has 0 spiro atoms. The summed E-state index contributed by atoms with van der Waals surface area (Å²) in [5.74, 6) is -0.892. The molecule has 1 N–H and O–H groups in total. The highest BCUT2D eigenvalue weighted by Crippen LogP contribution is 2.41. The number of fused-ring (bicyclic) bond motifs is 3. The lowest BCUT2D eigenvalue weighted by molar-refractivity contribution is -0.141. The van der Waals surface area contributed by atoms with Crippen molar-refractivity contribution in [1.29, 1.82) is 0 Å². The van der Waals surface area contributed by atoms with Crippen LogP contribution in [0.25, 0.3) is 22.6 Å². The highest BCUT2D eigenvalue weighted by molar-refractivity contribution is 6.06. The van der Waals surface area contributed by atoms with Crippen molar-refractivity contribution in [2.45, 2.75) is 25.2 Å². The van der Waals surface area contributed by atoms with Gasteiger partial charge in [-0.2, -0.15) is 26.3 Å². The molecule has 1 aromatic heterocycles. The van der Waals surface area contributed by atoms with Gasteiger partial charge in [0.2, 0.25) is 0 Å². The van der Waals surface area contributed by atoms with Crippen molar-refractivity contribution in [2.24, 2.45) is 0 Å². The highest BCUT2D eigenvalue weighted by Gasteiger charge is 2.39. The monoisotopic (exact) mass is 532 g/mol. The van der Waals surface area contributed by atoms with Crippen molar-refractivity contribution in [2.75, 3.05) is 12.4 Å². The molecule has 0 atom stereocenters. The minimum absolute atomic E-state index is 0.0538. The zero-order chi connectivity index (χ0) is 27.2. The summed E-state index contributed by atoms with van der Waals surface area (Å²) in [5, 5.41) is 6.48. The Balaban J connectivity index is 1.54. The van der Waals surface area contributed by atoms with Gasteiger partial charge in [-0.05, 0) is 54.8 Å². The molecule has 5 rings (SSSR count). The first-order valence-electron chi connectivity index (χ1n) is 11.3. The normalized spacial score (nSPS) is 13.0. The molecule has 1 aliphatic carbocycles. The number of methoxy groups -OCH3 is 1. The Morgan fingerprint density at radius 2 is 1.71 bits per heavy atom. The van der Waals surface area contributed by atoms with Crippen LogP contribution in [0.1, 0.15) is 32.6 Å². The van der Waals surface area contributed by atoms with E-state index < -0.39 is 35.0 Å². The summed E-state index contributed by atoms with van der Waals surface area (Å²) in [6, 6.07) is 12.9. The number of carbonyl (C=O) groups excluding carboxylic acids is 1. The van der Waals surface area contributed by atoms with E-state index in [2.05, 4.69) is 10.5 Å². The van der Waals surface area contributed by atoms with Crippen molar-refractivity contribution in [3.63, 3.8) is 0 Å². The standard InChI is InChI=1S/C27H18F6N2O3/c1-37-22-11-7-15(24-18-9-6-14-4-2-3-5-17(14)23(18)35-38-24)12-21(22)34-25(36)19-13-16(26(28,29)30)8-10-20(19)27(31,32)33/h2-5,7-8,10-13H,6,9H2,1H3,(H,34,36). The van der Waals surface area contributed by atoms with Crippen molar-refractivity contribution in [1.82, 2.24) is 5.16 Å². The number of halogens is 6. The van der Waals surface area contributed by atoms with E-state index in [9.17, 15) is 31.1 Å². The Labute approximate surface area is 212 Å². The number of nitrogens with one attached hydrogen (secondary N) is 1. The lowest BCUT2D eigenvalue weighted by Gasteiger charge is -2.17. The number of aromatic nitrogens is 1. The van der Waals surface area contributed by atoms with Crippen LogP contribution in [0.3, 0.4) is 0 Å². The van der Waals surface area contributed by atoms with Gasteiger partial charge in [-0.1, -0.05) is 29.4 Å². The molecule has 0 fully saturated rings. The van der Waals surface area contributed by atoms with E-state index in [1.54, 1.807) is 6.07 Å². The Kier molecular flexibility index (Phi) is 6.16. The molecule has 0 unspecified atom stereocenters. The minimum atomic E-state index is -5.06. The number of amides is 1. The van der Waals surface area contributed by atoms with E-state index >= 15 is 0 Å². The Hall–Kier alpha value is -4.28. The van der Waals surface area contributed by atoms with E-state index in [-0.39, 0.29) is 29.6 Å². The summed E-state index contributed by atoms with van der Waals surface area (Å²) in [5.41, 5.74) is -0.125. The van der Waals surface area contributed by atoms with Gasteiger partial charge in [0.15, 0.2) is 5.76 Å². The van der Waals surface area contributed by atoms with E-state index in [1.807, 2.05) is 24.3 Å². The lowest BCUT2D eigenvalue weighted by atomic mass is 9.88. The number of hydrogen-bond donors (Lipinski definition) is 1. The van der Waals surface area contributed by atoms with Gasteiger partial charge in [-0.25, -0.2) is 0 Å². The van der Waals surface area contributed by atoms with Crippen LogP contribution in [-0.4, -0.2) is 18.2 Å². The third-order valence-corrected chi connectivity index (χ3v) is 6.31. The quantitative estimate of drug-likeness (QED) is 0.278. The van der Waals surface area contributed by atoms with Crippen LogP contribution in [0.2, 0.25) is 0 Å². The third-order valence-electron chi connectivity index (χ3n) is 6.31. The predicted octanol–water partition coefficient (Wildman–Crippen LogP) is 7.41. The molecule has 11 heteroatoms. The van der Waals surface area contributed by atoms with E-state index in [0.29, 0.717) is 23.4 Å². The van der Waals surface area contributed by atoms with Gasteiger partial charge in [-0.15, -0.1) is 0 Å². The molecule has 5 nitrogen and oxygen atoms in total. The molecule has 0 bridgehead atoms. The van der Waals surface area contributed by atoms with Crippen LogP contribution in [0.15, 0.2) is 65.2 Å². The summed E-state index contributed by atoms with van der Waals surface area (Å²) in [4.78, 5) is 12.9. The van der Waals surface area contributed by atoms with Gasteiger partial charge in [0, 0.05) is 16.7 Å². The molecule has 0 saturated heterocycles. The molecule has 196 valence electrons. The maximum Gasteiger partial charge on any atom is 0.417 e. The fourth-order valence-electron chi connectivity index (χ4n) is 4.50. The zero-order valence-electron chi connectivity index (χ0n) is 19.6. The zero-order valence-corrected chi connectivity index (χ0v) is 19.6. The topological polar surface area (TPSA) is 64.4 Å². The summed E-state index contributed by atoms with van der Waals surface area (Å²) in [7, 11) is 1.28. The first kappa shape index (κ1) is 25.4. The molecule has 1 heterocycles. The van der Waals surface area contributed by atoms with Crippen molar-refractivity contribution < 1.29 is 40.4 Å². The van der Waals surface area contributed by atoms with Crippen LogP contribution < -0.4 is 10.1 Å². The number of anilines is 1. The number of aryl methyl sites for hydroxylation is 1. The summed E-state index contributed by atoms with van der Waals surface area (Å²) >= 11 is 0. The largest absolute Gasteiger partial charge is 0.495 e. The first-order chi connectivity index (χ1) is 18.0. The number of ether oxygens (including phenoxy) is 1. The molecule has 38 heavy (non-hydrogen) atoms. The smallest absolute Gasteiger partial charge is 0.417 e. The first-order valence-corrected chi connectivity index (χ1v) is 11.3. The molecule has 0 saturated carbocycles. The highest BCUT2D eigenvalue weighted by atomic mass is 19.4. The Bertz CT molecular complexity index is 1540. The lowest BCUT2D eigenvalue weighted by Crippen LogP contribution is -2.20. The molecule has 3 aromatic carbocycles. The van der Waals surface area contributed by atoms with Gasteiger partial charge in [0.05, 0.1) is 29.5 Å². The Morgan fingerprint density at radius 3 is 2.42 bits per heavy atom. The molecule has 4 aromatic rings. The van der Waals surface area contributed by atoms with E-state index in [0.717, 1.165) is 23.1 Å². The molecule has 0 aliphatic heterocycles. The van der Waals surface area contributed by atoms with Gasteiger partial charge in [0.1, 0.15) is 11.4 Å². The minimum Gasteiger partial charge on any atom is -0.495 e. The second-order valence-electron chi connectivity index (χ2n) is 8.62. The Morgan fingerprint density at radius 1 is 0.947 bits per heavy atom. The van der Waals surface area contributed by atoms with Crippen LogP contribution in [0, 0.1) is 0 Å². The van der Waals surface area contributed by atoms with Gasteiger partial charge >= 0.3 is 12.4 Å². The van der Waals surface area contributed by atoms with Crippen LogP contribution in [-0.2, 0) is 25.2 Å². The molecule has 0 radical (unpaired) electrons. The number of nitrogens with zero attached hydrogens (tertiary/aromatic N) is 1. The predicted molar refractivity (Wildman–Crippen MR) is 126 cm³/mol. The number of alkyl halides is 6. The van der Waals surface area contributed by atoms with Crippen LogP contribution in [0.4, 0.5) is 32.0 Å². The average molecular weight is 532 g/mol. The molecular weight excluding hydrogens is 514 g/mol. The van der Waals surface area contributed by atoms with Crippen molar-refractivity contribution >= 4 is 11.6 Å². The number of rotatable bonds is 4. The second kappa shape index (κ2) is 9.23. The molecule has 1 amide bonds. The van der Waals surface area contributed by atoms with Crippen molar-refractivity contribution in [3.05, 3.63) is 88.5 Å². The summed E-state index contributed by atoms with van der Waals surface area (Å²) in [6.07, 6.45) is -8.64. The maximum atomic E-state index is 13.5. The number of carbonyl (C=O) groups is 1. The van der Waals surface area contributed by atoms with Crippen molar-refractivity contribution in [3.8, 4) is 28.3 Å². The van der Waals surface area contributed by atoms with Crippen LogP contribution >= 0.6 is 0 Å². The number of hydrogen-bond acceptors (Lipinski definition) is 4. The average Bonchev–Trinajstić information content (AvgIpc) is 3.32.